The molecule has 0 saturated heterocycles. The molecule has 1 aromatic heterocycles. The van der Waals surface area contributed by atoms with Gasteiger partial charge in [0.2, 0.25) is 11.8 Å². The van der Waals surface area contributed by atoms with E-state index in [2.05, 4.69) is 0 Å². The van der Waals surface area contributed by atoms with Gasteiger partial charge in [-0.3, -0.25) is 9.59 Å². The summed E-state index contributed by atoms with van der Waals surface area (Å²) in [6, 6.07) is 17.7. The molecule has 0 radical (unpaired) electrons. The van der Waals surface area contributed by atoms with Crippen LogP contribution in [-0.4, -0.2) is 47.9 Å². The first-order chi connectivity index (χ1) is 17.1. The van der Waals surface area contributed by atoms with E-state index in [4.69, 9.17) is 4.74 Å². The summed E-state index contributed by atoms with van der Waals surface area (Å²) >= 11 is 1.67. The Morgan fingerprint density at radius 1 is 1.06 bits per heavy atom. The molecular weight excluding hydrogens is 463 g/mol. The number of carbonyl (C=O) groups excluding carboxylic acids is 2. The average Bonchev–Trinajstić information content (AvgIpc) is 3.55. The van der Waals surface area contributed by atoms with Crippen molar-refractivity contribution >= 4 is 23.2 Å². The molecule has 2 aromatic carbocycles. The smallest absolute Gasteiger partial charge is 0.242 e. The zero-order valence-electron chi connectivity index (χ0n) is 19.6. The van der Waals surface area contributed by atoms with Crippen molar-refractivity contribution in [2.75, 3.05) is 26.2 Å². The van der Waals surface area contributed by atoms with E-state index < -0.39 is 5.82 Å². The molecule has 1 atom stereocenters. The van der Waals surface area contributed by atoms with Crippen LogP contribution in [0.3, 0.4) is 0 Å². The molecule has 2 heterocycles. The zero-order chi connectivity index (χ0) is 24.2. The lowest BCUT2D eigenvalue weighted by Gasteiger charge is -2.37. The highest BCUT2D eigenvalue weighted by Gasteiger charge is 2.35. The number of fused-ring (bicyclic) bond motifs is 1. The number of ether oxygens (including phenoxy) is 1. The molecule has 0 bridgehead atoms. The summed E-state index contributed by atoms with van der Waals surface area (Å²) in [4.78, 5) is 31.5. The number of benzene rings is 2. The van der Waals surface area contributed by atoms with Crippen molar-refractivity contribution in [3.63, 3.8) is 0 Å². The van der Waals surface area contributed by atoms with Crippen LogP contribution in [0.2, 0.25) is 0 Å². The van der Waals surface area contributed by atoms with Gasteiger partial charge in [-0.1, -0.05) is 42.5 Å². The minimum Gasteiger partial charge on any atom is -0.488 e. The summed E-state index contributed by atoms with van der Waals surface area (Å²) in [5.74, 6) is 0.118. The summed E-state index contributed by atoms with van der Waals surface area (Å²) in [5.41, 5.74) is 2.00. The summed E-state index contributed by atoms with van der Waals surface area (Å²) in [6.45, 7) is 1.39. The van der Waals surface area contributed by atoms with E-state index in [1.807, 2.05) is 46.7 Å². The van der Waals surface area contributed by atoms with E-state index in [0.717, 1.165) is 30.4 Å². The van der Waals surface area contributed by atoms with Crippen LogP contribution < -0.4 is 4.74 Å². The SMILES string of the molecule is O=C(Cc1ccccc1)N(CC(=O)N1CCc2sccc2[C@@H]1COc1ccccc1F)CC1CC1. The van der Waals surface area contributed by atoms with E-state index in [1.165, 1.54) is 10.9 Å². The second-order valence-corrected chi connectivity index (χ2v) is 10.3. The molecule has 5 rings (SSSR count). The second-order valence-electron chi connectivity index (χ2n) is 9.27. The van der Waals surface area contributed by atoms with Gasteiger partial charge < -0.3 is 14.5 Å². The highest BCUT2D eigenvalue weighted by atomic mass is 32.1. The first-order valence-corrected chi connectivity index (χ1v) is 13.0. The molecule has 182 valence electrons. The Hall–Kier alpha value is -3.19. The number of para-hydroxylation sites is 1. The topological polar surface area (TPSA) is 49.9 Å². The van der Waals surface area contributed by atoms with Crippen LogP contribution in [-0.2, 0) is 22.4 Å². The van der Waals surface area contributed by atoms with E-state index in [1.54, 1.807) is 34.4 Å². The molecule has 1 aliphatic carbocycles. The maximum absolute atomic E-state index is 14.2. The molecule has 5 nitrogen and oxygen atoms in total. The lowest BCUT2D eigenvalue weighted by molar-refractivity contribution is -0.142. The van der Waals surface area contributed by atoms with E-state index in [0.29, 0.717) is 19.0 Å². The molecule has 1 fully saturated rings. The summed E-state index contributed by atoms with van der Waals surface area (Å²) in [5, 5.41) is 2.03. The molecule has 1 saturated carbocycles. The van der Waals surface area contributed by atoms with E-state index in [-0.39, 0.29) is 43.2 Å². The Balaban J connectivity index is 1.31. The Morgan fingerprint density at radius 2 is 1.83 bits per heavy atom. The fraction of sp³-hybridized carbons (Fsp3) is 0.357. The third-order valence-electron chi connectivity index (χ3n) is 6.70. The monoisotopic (exact) mass is 492 g/mol. The van der Waals surface area contributed by atoms with Gasteiger partial charge in [0, 0.05) is 18.0 Å². The van der Waals surface area contributed by atoms with Crippen molar-refractivity contribution < 1.29 is 18.7 Å². The van der Waals surface area contributed by atoms with Crippen LogP contribution in [0, 0.1) is 11.7 Å². The molecule has 35 heavy (non-hydrogen) atoms. The van der Waals surface area contributed by atoms with Gasteiger partial charge in [-0.2, -0.15) is 0 Å². The predicted octanol–water partition coefficient (Wildman–Crippen LogP) is 4.87. The minimum atomic E-state index is -0.422. The van der Waals surface area contributed by atoms with Gasteiger partial charge in [-0.25, -0.2) is 4.39 Å². The molecule has 0 unspecified atom stereocenters. The minimum absolute atomic E-state index is 0.0242. The van der Waals surface area contributed by atoms with Crippen molar-refractivity contribution in [3.8, 4) is 5.75 Å². The van der Waals surface area contributed by atoms with Gasteiger partial charge in [-0.05, 0) is 59.9 Å². The van der Waals surface area contributed by atoms with Gasteiger partial charge in [0.25, 0.3) is 0 Å². The normalized spacial score (nSPS) is 17.1. The standard InChI is InChI=1S/C28H29FN2O3S/c29-23-8-4-5-9-25(23)34-19-24-22-13-15-35-26(22)12-14-31(24)28(33)18-30(17-21-10-11-21)27(32)16-20-6-2-1-3-7-20/h1-9,13,15,21,24H,10-12,14,16-19H2/t24-/m0/s1. The number of hydrogen-bond donors (Lipinski definition) is 0. The quantitative estimate of drug-likeness (QED) is 0.428. The zero-order valence-corrected chi connectivity index (χ0v) is 20.4. The fourth-order valence-corrected chi connectivity index (χ4v) is 5.54. The van der Waals surface area contributed by atoms with Crippen LogP contribution >= 0.6 is 11.3 Å². The van der Waals surface area contributed by atoms with Crippen molar-refractivity contribution in [2.24, 2.45) is 5.92 Å². The van der Waals surface area contributed by atoms with Gasteiger partial charge >= 0.3 is 0 Å². The Bertz CT molecular complexity index is 1180. The Kier molecular flexibility index (Phi) is 7.13. The molecule has 0 N–H and O–H groups in total. The molecule has 0 spiro atoms. The molecule has 3 aromatic rings. The van der Waals surface area contributed by atoms with Gasteiger partial charge in [-0.15, -0.1) is 11.3 Å². The van der Waals surface area contributed by atoms with E-state index >= 15 is 0 Å². The first-order valence-electron chi connectivity index (χ1n) is 12.1. The molecular formula is C28H29FN2O3S. The van der Waals surface area contributed by atoms with Crippen molar-refractivity contribution in [1.82, 2.24) is 9.80 Å². The van der Waals surface area contributed by atoms with Gasteiger partial charge in [0.05, 0.1) is 19.0 Å². The average molecular weight is 493 g/mol. The van der Waals surface area contributed by atoms with Crippen molar-refractivity contribution in [2.45, 2.75) is 31.7 Å². The third-order valence-corrected chi connectivity index (χ3v) is 7.70. The highest BCUT2D eigenvalue weighted by molar-refractivity contribution is 7.10. The maximum Gasteiger partial charge on any atom is 0.242 e. The summed E-state index contributed by atoms with van der Waals surface area (Å²) < 4.78 is 20.0. The Morgan fingerprint density at radius 3 is 2.60 bits per heavy atom. The van der Waals surface area contributed by atoms with Crippen LogP contribution in [0.15, 0.2) is 66.0 Å². The number of amides is 2. The molecule has 1 aliphatic heterocycles. The second kappa shape index (κ2) is 10.6. The van der Waals surface area contributed by atoms with Crippen LogP contribution in [0.5, 0.6) is 5.75 Å². The van der Waals surface area contributed by atoms with Crippen molar-refractivity contribution in [3.05, 3.63) is 87.9 Å². The van der Waals surface area contributed by atoms with Gasteiger partial charge in [0.1, 0.15) is 6.61 Å². The first kappa shape index (κ1) is 23.5. The number of carbonyl (C=O) groups is 2. The van der Waals surface area contributed by atoms with Crippen LogP contribution in [0.1, 0.15) is 34.9 Å². The number of hydrogen-bond acceptors (Lipinski definition) is 4. The maximum atomic E-state index is 14.2. The predicted molar refractivity (Wildman–Crippen MR) is 134 cm³/mol. The Labute approximate surface area is 209 Å². The number of halogens is 1. The fourth-order valence-electron chi connectivity index (χ4n) is 4.61. The number of nitrogens with zero attached hydrogens (tertiary/aromatic N) is 2. The molecule has 2 aliphatic rings. The lowest BCUT2D eigenvalue weighted by Crippen LogP contribution is -2.48. The summed E-state index contributed by atoms with van der Waals surface area (Å²) in [6.07, 6.45) is 3.26. The van der Waals surface area contributed by atoms with E-state index in [9.17, 15) is 14.0 Å². The van der Waals surface area contributed by atoms with Gasteiger partial charge in [0.15, 0.2) is 11.6 Å². The largest absolute Gasteiger partial charge is 0.488 e. The molecule has 2 amide bonds. The van der Waals surface area contributed by atoms with Crippen LogP contribution in [0.25, 0.3) is 0 Å². The lowest BCUT2D eigenvalue weighted by atomic mass is 10.00. The number of rotatable bonds is 9. The third kappa shape index (κ3) is 5.73. The van der Waals surface area contributed by atoms with Crippen molar-refractivity contribution in [1.29, 1.82) is 0 Å². The van der Waals surface area contributed by atoms with Crippen LogP contribution in [0.4, 0.5) is 4.39 Å². The number of thiophene rings is 1. The highest BCUT2D eigenvalue weighted by Crippen LogP contribution is 2.35. The summed E-state index contributed by atoms with van der Waals surface area (Å²) in [7, 11) is 0. The molecule has 7 heteroatoms.